The lowest BCUT2D eigenvalue weighted by Crippen LogP contribution is -2.42. The van der Waals surface area contributed by atoms with E-state index in [9.17, 15) is 14.4 Å². The number of imide groups is 1. The van der Waals surface area contributed by atoms with Crippen molar-refractivity contribution < 1.29 is 19.1 Å². The Morgan fingerprint density at radius 1 is 1.45 bits per heavy atom. The Bertz CT molecular complexity index is 602. The maximum atomic E-state index is 12.0. The number of carbonyl (C=O) groups is 3. The molecule has 0 saturated carbocycles. The summed E-state index contributed by atoms with van der Waals surface area (Å²) in [6.45, 7) is 0.0226. The molecule has 0 spiro atoms. The van der Waals surface area contributed by atoms with Crippen LogP contribution >= 0.6 is 0 Å². The van der Waals surface area contributed by atoms with Crippen LogP contribution in [0.4, 0.5) is 5.69 Å². The minimum Gasteiger partial charge on any atom is -0.497 e. The molecular formula is C15H19N3O4. The molecule has 0 aliphatic carbocycles. The molecule has 1 aromatic rings. The molecule has 1 N–H and O–H groups in total. The van der Waals surface area contributed by atoms with Gasteiger partial charge in [-0.3, -0.25) is 24.2 Å². The Hall–Kier alpha value is -2.41. The van der Waals surface area contributed by atoms with Gasteiger partial charge in [-0.2, -0.15) is 0 Å². The van der Waals surface area contributed by atoms with Gasteiger partial charge < -0.3 is 10.1 Å². The van der Waals surface area contributed by atoms with Crippen LogP contribution in [0.1, 0.15) is 6.42 Å². The molecule has 1 aliphatic heterocycles. The highest BCUT2D eigenvalue weighted by molar-refractivity contribution is 6.05. The van der Waals surface area contributed by atoms with E-state index in [-0.39, 0.29) is 30.7 Å². The zero-order chi connectivity index (χ0) is 16.3. The Balaban J connectivity index is 1.94. The van der Waals surface area contributed by atoms with Gasteiger partial charge in [0.2, 0.25) is 17.7 Å². The first-order chi connectivity index (χ1) is 10.4. The Morgan fingerprint density at radius 3 is 2.77 bits per heavy atom. The van der Waals surface area contributed by atoms with Crippen LogP contribution in [-0.4, -0.2) is 61.3 Å². The number of methoxy groups -OCH3 is 1. The number of hydrogen-bond donors (Lipinski definition) is 1. The summed E-state index contributed by atoms with van der Waals surface area (Å²) < 4.78 is 5.09. The van der Waals surface area contributed by atoms with Crippen molar-refractivity contribution in [1.29, 1.82) is 0 Å². The number of likely N-dealkylation sites (N-methyl/N-ethyl adjacent to an activating group) is 2. The van der Waals surface area contributed by atoms with E-state index in [0.717, 1.165) is 4.90 Å². The number of likely N-dealkylation sites (tertiary alicyclic amines) is 1. The SMILES string of the molecule is COc1cccc(NC(=O)CN(C)C2CC(=O)N(C)C2=O)c1. The highest BCUT2D eigenvalue weighted by Gasteiger charge is 2.38. The molecule has 0 aromatic heterocycles. The third-order valence-corrected chi connectivity index (χ3v) is 3.64. The number of rotatable bonds is 5. The second-order valence-electron chi connectivity index (χ2n) is 5.21. The van der Waals surface area contributed by atoms with Crippen LogP contribution < -0.4 is 10.1 Å². The standard InChI is InChI=1S/C15H19N3O4/c1-17(12-8-14(20)18(2)15(12)21)9-13(19)16-10-5-4-6-11(7-10)22-3/h4-7,12H,8-9H2,1-3H3,(H,16,19). The molecule has 3 amide bonds. The number of amides is 3. The van der Waals surface area contributed by atoms with Gasteiger partial charge in [-0.25, -0.2) is 0 Å². The molecule has 2 rings (SSSR count). The molecule has 1 fully saturated rings. The Morgan fingerprint density at radius 2 is 2.18 bits per heavy atom. The average molecular weight is 305 g/mol. The van der Waals surface area contributed by atoms with Crippen molar-refractivity contribution >= 4 is 23.4 Å². The lowest BCUT2D eigenvalue weighted by molar-refractivity contribution is -0.137. The van der Waals surface area contributed by atoms with E-state index < -0.39 is 6.04 Å². The number of benzene rings is 1. The number of nitrogens with one attached hydrogen (secondary N) is 1. The number of nitrogens with zero attached hydrogens (tertiary/aromatic N) is 2. The molecule has 7 heteroatoms. The second-order valence-corrected chi connectivity index (χ2v) is 5.21. The van der Waals surface area contributed by atoms with Gasteiger partial charge >= 0.3 is 0 Å². The van der Waals surface area contributed by atoms with Gasteiger partial charge in [0.1, 0.15) is 5.75 Å². The normalized spacial score (nSPS) is 18.0. The zero-order valence-electron chi connectivity index (χ0n) is 12.8. The fourth-order valence-corrected chi connectivity index (χ4v) is 2.32. The number of anilines is 1. The van der Waals surface area contributed by atoms with Gasteiger partial charge in [0, 0.05) is 18.8 Å². The van der Waals surface area contributed by atoms with Gasteiger partial charge in [-0.05, 0) is 19.2 Å². The Kier molecular flexibility index (Phi) is 4.77. The summed E-state index contributed by atoms with van der Waals surface area (Å²) in [5.41, 5.74) is 0.615. The molecular weight excluding hydrogens is 286 g/mol. The van der Waals surface area contributed by atoms with Crippen molar-refractivity contribution in [2.24, 2.45) is 0 Å². The van der Waals surface area contributed by atoms with Crippen molar-refractivity contribution in [2.75, 3.05) is 33.1 Å². The Labute approximate surface area is 128 Å². The van der Waals surface area contributed by atoms with E-state index in [4.69, 9.17) is 4.74 Å². The molecule has 1 saturated heterocycles. The fourth-order valence-electron chi connectivity index (χ4n) is 2.32. The second kappa shape index (κ2) is 6.57. The van der Waals surface area contributed by atoms with Crippen molar-refractivity contribution in [3.8, 4) is 5.75 Å². The molecule has 1 aliphatic rings. The summed E-state index contributed by atoms with van der Waals surface area (Å²) in [5, 5.41) is 2.74. The molecule has 7 nitrogen and oxygen atoms in total. The van der Waals surface area contributed by atoms with Gasteiger partial charge in [-0.15, -0.1) is 0 Å². The van der Waals surface area contributed by atoms with Crippen molar-refractivity contribution in [3.05, 3.63) is 24.3 Å². The van der Waals surface area contributed by atoms with E-state index >= 15 is 0 Å². The summed E-state index contributed by atoms with van der Waals surface area (Å²) in [4.78, 5) is 38.1. The number of carbonyl (C=O) groups excluding carboxylic acids is 3. The molecule has 1 atom stereocenters. The van der Waals surface area contributed by atoms with Crippen molar-refractivity contribution in [3.63, 3.8) is 0 Å². The predicted molar refractivity (Wildman–Crippen MR) is 80.4 cm³/mol. The van der Waals surface area contributed by atoms with Gasteiger partial charge in [0.15, 0.2) is 0 Å². The summed E-state index contributed by atoms with van der Waals surface area (Å²) >= 11 is 0. The minimum atomic E-state index is -0.575. The molecule has 1 unspecified atom stereocenters. The van der Waals surface area contributed by atoms with E-state index in [1.165, 1.54) is 7.05 Å². The van der Waals surface area contributed by atoms with Crippen LogP contribution in [-0.2, 0) is 14.4 Å². The quantitative estimate of drug-likeness (QED) is 0.793. The lowest BCUT2D eigenvalue weighted by atomic mass is 10.2. The van der Waals surface area contributed by atoms with Crippen molar-refractivity contribution in [2.45, 2.75) is 12.5 Å². The topological polar surface area (TPSA) is 79.0 Å². The molecule has 118 valence electrons. The third-order valence-electron chi connectivity index (χ3n) is 3.64. The predicted octanol–water partition coefficient (Wildman–Crippen LogP) is 0.323. The minimum absolute atomic E-state index is 0.0226. The van der Waals surface area contributed by atoms with Gasteiger partial charge in [0.05, 0.1) is 26.1 Å². The summed E-state index contributed by atoms with van der Waals surface area (Å²) in [6.07, 6.45) is 0.109. The summed E-state index contributed by atoms with van der Waals surface area (Å²) in [7, 11) is 4.66. The third kappa shape index (κ3) is 3.43. The monoisotopic (exact) mass is 305 g/mol. The zero-order valence-corrected chi connectivity index (χ0v) is 12.8. The lowest BCUT2D eigenvalue weighted by Gasteiger charge is -2.21. The summed E-state index contributed by atoms with van der Waals surface area (Å²) in [6, 6.07) is 6.43. The van der Waals surface area contributed by atoms with Crippen LogP contribution in [0.2, 0.25) is 0 Å². The van der Waals surface area contributed by atoms with E-state index in [0.29, 0.717) is 11.4 Å². The largest absolute Gasteiger partial charge is 0.497 e. The van der Waals surface area contributed by atoms with Gasteiger partial charge in [0.25, 0.3) is 0 Å². The fraction of sp³-hybridized carbons (Fsp3) is 0.400. The van der Waals surface area contributed by atoms with E-state index in [1.54, 1.807) is 43.3 Å². The molecule has 1 heterocycles. The summed E-state index contributed by atoms with van der Waals surface area (Å²) in [5.74, 6) is -0.119. The van der Waals surface area contributed by atoms with Crippen LogP contribution in [0.5, 0.6) is 5.75 Å². The van der Waals surface area contributed by atoms with E-state index in [2.05, 4.69) is 5.32 Å². The van der Waals surface area contributed by atoms with Crippen LogP contribution in [0.3, 0.4) is 0 Å². The smallest absolute Gasteiger partial charge is 0.246 e. The first kappa shape index (κ1) is 16.0. The molecule has 0 bridgehead atoms. The molecule has 22 heavy (non-hydrogen) atoms. The number of ether oxygens (including phenoxy) is 1. The van der Waals surface area contributed by atoms with Crippen LogP contribution in [0.15, 0.2) is 24.3 Å². The molecule has 0 radical (unpaired) electrons. The van der Waals surface area contributed by atoms with Crippen LogP contribution in [0, 0.1) is 0 Å². The van der Waals surface area contributed by atoms with Gasteiger partial charge in [-0.1, -0.05) is 6.07 Å². The first-order valence-electron chi connectivity index (χ1n) is 6.87. The maximum Gasteiger partial charge on any atom is 0.246 e. The van der Waals surface area contributed by atoms with Crippen LogP contribution in [0.25, 0.3) is 0 Å². The highest BCUT2D eigenvalue weighted by Crippen LogP contribution is 2.18. The number of hydrogen-bond acceptors (Lipinski definition) is 5. The highest BCUT2D eigenvalue weighted by atomic mass is 16.5. The average Bonchev–Trinajstić information content (AvgIpc) is 2.75. The maximum absolute atomic E-state index is 12.0. The first-order valence-corrected chi connectivity index (χ1v) is 6.87. The molecule has 1 aromatic carbocycles. The van der Waals surface area contributed by atoms with E-state index in [1.807, 2.05) is 0 Å². The van der Waals surface area contributed by atoms with Crippen molar-refractivity contribution in [1.82, 2.24) is 9.80 Å².